The van der Waals surface area contributed by atoms with E-state index in [9.17, 15) is 13.2 Å². The zero-order valence-corrected chi connectivity index (χ0v) is 21.2. The van der Waals surface area contributed by atoms with E-state index in [-0.39, 0.29) is 10.8 Å². The van der Waals surface area contributed by atoms with Gasteiger partial charge in [0.05, 0.1) is 15.1 Å². The largest absolute Gasteiger partial charge is 0.322 e. The highest BCUT2D eigenvalue weighted by Gasteiger charge is 2.28. The number of likely N-dealkylation sites (N-methyl/N-ethyl adjacent to an activating group) is 1. The van der Waals surface area contributed by atoms with Gasteiger partial charge in [-0.15, -0.1) is 11.3 Å². The van der Waals surface area contributed by atoms with Crippen LogP contribution in [0.2, 0.25) is 0 Å². The van der Waals surface area contributed by atoms with E-state index in [4.69, 9.17) is 4.98 Å². The van der Waals surface area contributed by atoms with Crippen LogP contribution in [0.3, 0.4) is 0 Å². The minimum atomic E-state index is -3.64. The molecule has 1 aliphatic rings. The lowest BCUT2D eigenvalue weighted by Crippen LogP contribution is -2.47. The minimum Gasteiger partial charge on any atom is -0.322 e. The van der Waals surface area contributed by atoms with Crippen molar-refractivity contribution < 1.29 is 13.2 Å². The maximum Gasteiger partial charge on any atom is 0.255 e. The summed E-state index contributed by atoms with van der Waals surface area (Å²) in [6, 6.07) is 19.9. The van der Waals surface area contributed by atoms with Crippen LogP contribution in [0.15, 0.2) is 71.6 Å². The van der Waals surface area contributed by atoms with Crippen molar-refractivity contribution in [2.45, 2.75) is 11.8 Å². The molecule has 0 saturated carbocycles. The van der Waals surface area contributed by atoms with E-state index in [1.165, 1.54) is 15.9 Å². The first-order valence-electron chi connectivity index (χ1n) is 11.4. The topological polar surface area (TPSA) is 82.6 Å². The van der Waals surface area contributed by atoms with Crippen molar-refractivity contribution in [2.24, 2.45) is 0 Å². The van der Waals surface area contributed by atoms with E-state index >= 15 is 0 Å². The van der Waals surface area contributed by atoms with E-state index in [2.05, 4.69) is 29.3 Å². The average Bonchev–Trinajstić information content (AvgIpc) is 3.28. The summed E-state index contributed by atoms with van der Waals surface area (Å²) < 4.78 is 28.7. The highest BCUT2D eigenvalue weighted by molar-refractivity contribution is 7.89. The minimum absolute atomic E-state index is 0.135. The van der Waals surface area contributed by atoms with Crippen LogP contribution < -0.4 is 5.32 Å². The number of aromatic nitrogens is 1. The highest BCUT2D eigenvalue weighted by atomic mass is 32.2. The van der Waals surface area contributed by atoms with Crippen LogP contribution in [-0.2, 0) is 10.0 Å². The van der Waals surface area contributed by atoms with Gasteiger partial charge in [-0.1, -0.05) is 12.1 Å². The fourth-order valence-corrected chi connectivity index (χ4v) is 6.57. The quantitative estimate of drug-likeness (QED) is 0.432. The van der Waals surface area contributed by atoms with Crippen molar-refractivity contribution >= 4 is 43.2 Å². The van der Waals surface area contributed by atoms with Crippen LogP contribution >= 0.6 is 11.3 Å². The summed E-state index contributed by atoms with van der Waals surface area (Å²) in [5.74, 6) is -0.358. The summed E-state index contributed by atoms with van der Waals surface area (Å²) >= 11 is 1.63. The Morgan fingerprint density at radius 1 is 0.971 bits per heavy atom. The third-order valence-corrected chi connectivity index (χ3v) is 9.09. The van der Waals surface area contributed by atoms with Gasteiger partial charge < -0.3 is 10.2 Å². The molecule has 1 aromatic heterocycles. The number of carbonyl (C=O) groups is 1. The van der Waals surface area contributed by atoms with E-state index in [0.717, 1.165) is 20.8 Å². The zero-order valence-electron chi connectivity index (χ0n) is 19.6. The number of thiazole rings is 1. The molecule has 9 heteroatoms. The second-order valence-electron chi connectivity index (χ2n) is 8.76. The van der Waals surface area contributed by atoms with Gasteiger partial charge in [0.1, 0.15) is 5.01 Å². The summed E-state index contributed by atoms with van der Waals surface area (Å²) in [5.41, 5.74) is 4.07. The number of anilines is 1. The molecule has 3 aromatic carbocycles. The van der Waals surface area contributed by atoms with Gasteiger partial charge >= 0.3 is 0 Å². The van der Waals surface area contributed by atoms with Gasteiger partial charge in [-0.05, 0) is 74.1 Å². The third kappa shape index (κ3) is 4.99. The number of fused-ring (bicyclic) bond motifs is 1. The van der Waals surface area contributed by atoms with E-state index < -0.39 is 10.0 Å². The maximum atomic E-state index is 13.1. The van der Waals surface area contributed by atoms with Crippen molar-refractivity contribution in [3.8, 4) is 10.6 Å². The molecular weight excluding hydrogens is 480 g/mol. The average molecular weight is 507 g/mol. The number of piperazine rings is 1. The standard InChI is InChI=1S/C26H26N4O3S2/c1-18-6-11-23-24(16-18)34-26(28-23)19-7-9-21(10-8-19)27-25(31)20-4-3-5-22(17-20)35(32,33)30-14-12-29(2)13-15-30/h3-11,16-17H,12-15H2,1-2H3,(H,27,31). The van der Waals surface area contributed by atoms with Gasteiger partial charge in [0, 0.05) is 43.0 Å². The van der Waals surface area contributed by atoms with E-state index in [1.807, 2.05) is 37.4 Å². The normalized spacial score (nSPS) is 15.4. The molecule has 5 rings (SSSR count). The van der Waals surface area contributed by atoms with Gasteiger partial charge in [0.15, 0.2) is 0 Å². The molecule has 0 unspecified atom stereocenters. The number of hydrogen-bond donors (Lipinski definition) is 1. The molecule has 0 atom stereocenters. The van der Waals surface area contributed by atoms with Crippen LogP contribution in [0.4, 0.5) is 5.69 Å². The Morgan fingerprint density at radius 3 is 2.46 bits per heavy atom. The molecule has 1 fully saturated rings. The number of hydrogen-bond acceptors (Lipinski definition) is 6. The maximum absolute atomic E-state index is 13.1. The molecular formula is C26H26N4O3S2. The number of nitrogens with zero attached hydrogens (tertiary/aromatic N) is 3. The first kappa shape index (κ1) is 23.6. The molecule has 1 saturated heterocycles. The SMILES string of the molecule is Cc1ccc2nc(-c3ccc(NC(=O)c4cccc(S(=O)(=O)N5CCN(C)CC5)c4)cc3)sc2c1. The summed E-state index contributed by atoms with van der Waals surface area (Å²) in [6.07, 6.45) is 0. The van der Waals surface area contributed by atoms with Crippen LogP contribution in [0, 0.1) is 6.92 Å². The molecule has 180 valence electrons. The second-order valence-corrected chi connectivity index (χ2v) is 11.7. The van der Waals surface area contributed by atoms with Gasteiger partial charge in [-0.25, -0.2) is 13.4 Å². The fraction of sp³-hybridized carbons (Fsp3) is 0.231. The molecule has 1 N–H and O–H groups in total. The van der Waals surface area contributed by atoms with Gasteiger partial charge in [0.25, 0.3) is 5.91 Å². The second kappa shape index (κ2) is 9.50. The molecule has 35 heavy (non-hydrogen) atoms. The van der Waals surface area contributed by atoms with Gasteiger partial charge in [-0.2, -0.15) is 4.31 Å². The first-order valence-corrected chi connectivity index (χ1v) is 13.6. The van der Waals surface area contributed by atoms with Crippen LogP contribution in [0.5, 0.6) is 0 Å². The Kier molecular flexibility index (Phi) is 6.41. The molecule has 0 bridgehead atoms. The Morgan fingerprint density at radius 2 is 1.71 bits per heavy atom. The fourth-order valence-electron chi connectivity index (χ4n) is 4.03. The lowest BCUT2D eigenvalue weighted by molar-refractivity contribution is 0.102. The van der Waals surface area contributed by atoms with Crippen molar-refractivity contribution in [1.29, 1.82) is 0 Å². The number of benzene rings is 3. The predicted octanol–water partition coefficient (Wildman–Crippen LogP) is 4.46. The number of nitrogens with one attached hydrogen (secondary N) is 1. The molecule has 0 spiro atoms. The molecule has 1 aliphatic heterocycles. The van der Waals surface area contributed by atoms with Crippen molar-refractivity contribution in [3.63, 3.8) is 0 Å². The number of amides is 1. The van der Waals surface area contributed by atoms with E-state index in [1.54, 1.807) is 29.5 Å². The van der Waals surface area contributed by atoms with Gasteiger partial charge in [0.2, 0.25) is 10.0 Å². The Bertz CT molecular complexity index is 1490. The van der Waals surface area contributed by atoms with E-state index in [0.29, 0.717) is 37.4 Å². The summed E-state index contributed by atoms with van der Waals surface area (Å²) in [5, 5.41) is 3.79. The smallest absolute Gasteiger partial charge is 0.255 e. The van der Waals surface area contributed by atoms with Crippen LogP contribution in [0.1, 0.15) is 15.9 Å². The molecule has 7 nitrogen and oxygen atoms in total. The third-order valence-electron chi connectivity index (χ3n) is 6.13. The predicted molar refractivity (Wildman–Crippen MR) is 140 cm³/mol. The monoisotopic (exact) mass is 506 g/mol. The Balaban J connectivity index is 1.30. The Labute approximate surface area is 209 Å². The number of rotatable bonds is 5. The van der Waals surface area contributed by atoms with Crippen LogP contribution in [-0.4, -0.2) is 61.7 Å². The lowest BCUT2D eigenvalue weighted by Gasteiger charge is -2.31. The first-order chi connectivity index (χ1) is 16.8. The number of aryl methyl sites for hydroxylation is 1. The summed E-state index contributed by atoms with van der Waals surface area (Å²) in [4.78, 5) is 19.8. The number of sulfonamides is 1. The van der Waals surface area contributed by atoms with Crippen molar-refractivity contribution in [2.75, 3.05) is 38.5 Å². The summed E-state index contributed by atoms with van der Waals surface area (Å²) in [6.45, 7) is 4.32. The Hall–Kier alpha value is -3.11. The zero-order chi connectivity index (χ0) is 24.6. The number of carbonyl (C=O) groups excluding carboxylic acids is 1. The molecule has 0 aliphatic carbocycles. The molecule has 4 aromatic rings. The molecule has 1 amide bonds. The lowest BCUT2D eigenvalue weighted by atomic mass is 10.2. The van der Waals surface area contributed by atoms with Gasteiger partial charge in [-0.3, -0.25) is 4.79 Å². The highest BCUT2D eigenvalue weighted by Crippen LogP contribution is 2.31. The van der Waals surface area contributed by atoms with Crippen LogP contribution in [0.25, 0.3) is 20.8 Å². The molecule has 2 heterocycles. The molecule has 0 radical (unpaired) electrons. The summed E-state index contributed by atoms with van der Waals surface area (Å²) in [7, 11) is -1.67. The van der Waals surface area contributed by atoms with Crippen molar-refractivity contribution in [1.82, 2.24) is 14.2 Å². The van der Waals surface area contributed by atoms with Crippen molar-refractivity contribution in [3.05, 3.63) is 77.9 Å².